The van der Waals surface area contributed by atoms with E-state index in [2.05, 4.69) is 10.3 Å². The number of nitrogens with zero attached hydrogens (tertiary/aromatic N) is 2. The molecule has 4 rings (SSSR count). The molecule has 0 radical (unpaired) electrons. The van der Waals surface area contributed by atoms with Gasteiger partial charge in [0.1, 0.15) is 17.0 Å². The molecule has 1 aliphatic heterocycles. The predicted molar refractivity (Wildman–Crippen MR) is 85.0 cm³/mol. The van der Waals surface area contributed by atoms with Gasteiger partial charge in [-0.2, -0.15) is 0 Å². The first kappa shape index (κ1) is 14.7. The van der Waals surface area contributed by atoms with Gasteiger partial charge >= 0.3 is 6.03 Å². The first-order chi connectivity index (χ1) is 11.6. The van der Waals surface area contributed by atoms with Crippen LogP contribution in [-0.4, -0.2) is 21.8 Å². The van der Waals surface area contributed by atoms with E-state index in [4.69, 9.17) is 8.83 Å². The van der Waals surface area contributed by atoms with Crippen LogP contribution in [0.2, 0.25) is 0 Å². The number of carbonyl (C=O) groups excluding carboxylic acids is 2. The number of urea groups is 1. The summed E-state index contributed by atoms with van der Waals surface area (Å²) in [5.41, 5.74) is 0.316. The lowest BCUT2D eigenvalue weighted by Crippen LogP contribution is -2.40. The number of rotatable bonds is 4. The number of furan rings is 2. The standard InChI is InChI=1S/C16H13N3O4S/c1-16(12-3-2-5-23-12)14(20)19(15(21)18-16)7-11-9-24-13(17-11)10-4-6-22-8-10/h2-6,8-9H,7H2,1H3,(H,18,21)/t16-/m1/s1. The summed E-state index contributed by atoms with van der Waals surface area (Å²) in [6.07, 6.45) is 4.65. The molecule has 1 saturated heterocycles. The van der Waals surface area contributed by atoms with Crippen molar-refractivity contribution in [2.24, 2.45) is 0 Å². The fourth-order valence-electron chi connectivity index (χ4n) is 2.63. The lowest BCUT2D eigenvalue weighted by Gasteiger charge is -2.18. The number of carbonyl (C=O) groups is 2. The quantitative estimate of drug-likeness (QED) is 0.736. The number of thiazole rings is 1. The molecule has 0 bridgehead atoms. The van der Waals surface area contributed by atoms with Crippen molar-refractivity contribution in [1.29, 1.82) is 0 Å². The lowest BCUT2D eigenvalue weighted by molar-refractivity contribution is -0.132. The second-order valence-corrected chi connectivity index (χ2v) is 6.44. The van der Waals surface area contributed by atoms with E-state index in [0.29, 0.717) is 11.5 Å². The molecule has 4 heterocycles. The van der Waals surface area contributed by atoms with Gasteiger partial charge in [0.05, 0.1) is 24.8 Å². The Morgan fingerprint density at radius 1 is 1.33 bits per heavy atom. The Hall–Kier alpha value is -2.87. The maximum atomic E-state index is 12.7. The number of amides is 3. The Kier molecular flexibility index (Phi) is 3.27. The Morgan fingerprint density at radius 3 is 2.92 bits per heavy atom. The van der Waals surface area contributed by atoms with E-state index in [-0.39, 0.29) is 12.5 Å². The average molecular weight is 343 g/mol. The van der Waals surface area contributed by atoms with Crippen LogP contribution in [-0.2, 0) is 16.9 Å². The molecule has 1 atom stereocenters. The molecule has 0 aromatic carbocycles. The summed E-state index contributed by atoms with van der Waals surface area (Å²) in [7, 11) is 0. The Bertz CT molecular complexity index is 884. The number of hydrogen-bond donors (Lipinski definition) is 1. The molecule has 0 aliphatic carbocycles. The number of aromatic nitrogens is 1. The molecule has 122 valence electrons. The van der Waals surface area contributed by atoms with E-state index in [1.165, 1.54) is 17.6 Å². The molecule has 3 amide bonds. The van der Waals surface area contributed by atoms with Crippen LogP contribution in [0.25, 0.3) is 10.6 Å². The van der Waals surface area contributed by atoms with Gasteiger partial charge in [-0.15, -0.1) is 11.3 Å². The van der Waals surface area contributed by atoms with Gasteiger partial charge in [0.2, 0.25) is 0 Å². The molecular formula is C16H13N3O4S. The van der Waals surface area contributed by atoms with E-state index in [9.17, 15) is 9.59 Å². The predicted octanol–water partition coefficient (Wildman–Crippen LogP) is 2.96. The van der Waals surface area contributed by atoms with E-state index in [1.54, 1.807) is 31.6 Å². The first-order valence-corrected chi connectivity index (χ1v) is 8.11. The van der Waals surface area contributed by atoms with Crippen LogP contribution < -0.4 is 5.32 Å². The zero-order valence-electron chi connectivity index (χ0n) is 12.7. The minimum absolute atomic E-state index is 0.106. The van der Waals surface area contributed by atoms with Gasteiger partial charge in [-0.1, -0.05) is 0 Å². The highest BCUT2D eigenvalue weighted by atomic mass is 32.1. The Labute approximate surface area is 140 Å². The first-order valence-electron chi connectivity index (χ1n) is 7.23. The highest BCUT2D eigenvalue weighted by Crippen LogP contribution is 2.31. The van der Waals surface area contributed by atoms with Crippen molar-refractivity contribution in [3.05, 3.63) is 53.8 Å². The molecule has 1 aliphatic rings. The molecule has 7 nitrogen and oxygen atoms in total. The maximum Gasteiger partial charge on any atom is 0.325 e. The third kappa shape index (κ3) is 2.23. The molecule has 0 saturated carbocycles. The minimum Gasteiger partial charge on any atom is -0.472 e. The summed E-state index contributed by atoms with van der Waals surface area (Å²) in [5, 5.41) is 5.29. The Morgan fingerprint density at radius 2 is 2.21 bits per heavy atom. The van der Waals surface area contributed by atoms with Crippen molar-refractivity contribution in [2.75, 3.05) is 0 Å². The maximum absolute atomic E-state index is 12.7. The SMILES string of the molecule is C[C@]1(c2ccco2)NC(=O)N(Cc2csc(-c3ccoc3)n2)C1=O. The molecule has 8 heteroatoms. The smallest absolute Gasteiger partial charge is 0.325 e. The van der Waals surface area contributed by atoms with Gasteiger partial charge in [0.15, 0.2) is 5.54 Å². The van der Waals surface area contributed by atoms with Crippen molar-refractivity contribution < 1.29 is 18.4 Å². The summed E-state index contributed by atoms with van der Waals surface area (Å²) in [5.74, 6) is 0.0426. The van der Waals surface area contributed by atoms with E-state index in [0.717, 1.165) is 15.5 Å². The summed E-state index contributed by atoms with van der Waals surface area (Å²) in [6.45, 7) is 1.74. The molecule has 0 unspecified atom stereocenters. The molecule has 1 fully saturated rings. The zero-order chi connectivity index (χ0) is 16.7. The molecule has 3 aromatic rings. The van der Waals surface area contributed by atoms with Crippen LogP contribution >= 0.6 is 11.3 Å². The van der Waals surface area contributed by atoms with Crippen LogP contribution in [0.3, 0.4) is 0 Å². The van der Waals surface area contributed by atoms with Crippen molar-refractivity contribution in [1.82, 2.24) is 15.2 Å². The van der Waals surface area contributed by atoms with Crippen LogP contribution in [0, 0.1) is 0 Å². The van der Waals surface area contributed by atoms with Gasteiger partial charge in [-0.3, -0.25) is 9.69 Å². The molecule has 3 aromatic heterocycles. The van der Waals surface area contributed by atoms with Crippen LogP contribution in [0.4, 0.5) is 4.79 Å². The van der Waals surface area contributed by atoms with Crippen molar-refractivity contribution in [3.63, 3.8) is 0 Å². The van der Waals surface area contributed by atoms with E-state index >= 15 is 0 Å². The van der Waals surface area contributed by atoms with Gasteiger partial charge in [-0.25, -0.2) is 9.78 Å². The monoisotopic (exact) mass is 343 g/mol. The average Bonchev–Trinajstić information content (AvgIpc) is 3.34. The lowest BCUT2D eigenvalue weighted by atomic mass is 9.99. The summed E-state index contributed by atoms with van der Waals surface area (Å²) in [4.78, 5) is 30.6. The number of imide groups is 1. The van der Waals surface area contributed by atoms with Gasteiger partial charge < -0.3 is 14.2 Å². The minimum atomic E-state index is -1.19. The number of hydrogen-bond acceptors (Lipinski definition) is 6. The zero-order valence-corrected chi connectivity index (χ0v) is 13.5. The van der Waals surface area contributed by atoms with Crippen LogP contribution in [0.15, 0.2) is 51.2 Å². The second-order valence-electron chi connectivity index (χ2n) is 5.58. The van der Waals surface area contributed by atoms with Crippen molar-refractivity contribution in [2.45, 2.75) is 19.0 Å². The van der Waals surface area contributed by atoms with Crippen LogP contribution in [0.5, 0.6) is 0 Å². The highest BCUT2D eigenvalue weighted by molar-refractivity contribution is 7.13. The topological polar surface area (TPSA) is 88.6 Å². The third-order valence-corrected chi connectivity index (χ3v) is 4.87. The second kappa shape index (κ2) is 5.34. The molecule has 24 heavy (non-hydrogen) atoms. The fraction of sp³-hybridized carbons (Fsp3) is 0.188. The fourth-order valence-corrected chi connectivity index (χ4v) is 3.43. The van der Waals surface area contributed by atoms with E-state index in [1.807, 2.05) is 11.4 Å². The largest absolute Gasteiger partial charge is 0.472 e. The van der Waals surface area contributed by atoms with Crippen molar-refractivity contribution in [3.8, 4) is 10.6 Å². The van der Waals surface area contributed by atoms with Gasteiger partial charge in [0, 0.05) is 10.9 Å². The van der Waals surface area contributed by atoms with Gasteiger partial charge in [0.25, 0.3) is 5.91 Å². The summed E-state index contributed by atoms with van der Waals surface area (Å²) >= 11 is 1.43. The summed E-state index contributed by atoms with van der Waals surface area (Å²) < 4.78 is 10.3. The highest BCUT2D eigenvalue weighted by Gasteiger charge is 2.51. The number of nitrogens with one attached hydrogen (secondary N) is 1. The molecule has 1 N–H and O–H groups in total. The van der Waals surface area contributed by atoms with Crippen LogP contribution in [0.1, 0.15) is 18.4 Å². The Balaban J connectivity index is 1.57. The van der Waals surface area contributed by atoms with E-state index < -0.39 is 11.6 Å². The van der Waals surface area contributed by atoms with Gasteiger partial charge in [-0.05, 0) is 25.1 Å². The third-order valence-electron chi connectivity index (χ3n) is 3.93. The van der Waals surface area contributed by atoms with Crippen molar-refractivity contribution >= 4 is 23.3 Å². The molecule has 0 spiro atoms. The molecular weight excluding hydrogens is 330 g/mol. The normalized spacial score (nSPS) is 20.6. The summed E-state index contributed by atoms with van der Waals surface area (Å²) in [6, 6.07) is 4.70.